The number of nitrogens with one attached hydrogen (secondary N) is 1. The SMILES string of the molecule is N#Cc1ccc(Cl)cc1S(=O)(=O)NCC1(O)CCCCC1. The van der Waals surface area contributed by atoms with Crippen LogP contribution in [0.25, 0.3) is 0 Å². The second-order valence-corrected chi connectivity index (χ2v) is 7.53. The Balaban J connectivity index is 2.19. The van der Waals surface area contributed by atoms with E-state index in [0.717, 1.165) is 19.3 Å². The fourth-order valence-electron chi connectivity index (χ4n) is 2.50. The lowest BCUT2D eigenvalue weighted by molar-refractivity contribution is 0.00945. The van der Waals surface area contributed by atoms with Crippen molar-refractivity contribution in [3.63, 3.8) is 0 Å². The van der Waals surface area contributed by atoms with E-state index in [1.54, 1.807) is 0 Å². The first-order chi connectivity index (χ1) is 9.86. The van der Waals surface area contributed by atoms with Crippen molar-refractivity contribution in [3.05, 3.63) is 28.8 Å². The van der Waals surface area contributed by atoms with Gasteiger partial charge in [0.1, 0.15) is 11.0 Å². The van der Waals surface area contributed by atoms with E-state index in [4.69, 9.17) is 16.9 Å². The van der Waals surface area contributed by atoms with Crippen molar-refractivity contribution in [2.45, 2.75) is 42.6 Å². The number of halogens is 1. The summed E-state index contributed by atoms with van der Waals surface area (Å²) >= 11 is 5.81. The number of nitrogens with zero attached hydrogens (tertiary/aromatic N) is 1. The molecule has 0 aromatic heterocycles. The predicted octanol–water partition coefficient (Wildman–Crippen LogP) is 2.19. The number of hydrogen-bond acceptors (Lipinski definition) is 4. The second kappa shape index (κ2) is 6.32. The molecule has 2 N–H and O–H groups in total. The van der Waals surface area contributed by atoms with Crippen LogP contribution in [0.5, 0.6) is 0 Å². The Hall–Kier alpha value is -1.13. The van der Waals surface area contributed by atoms with Gasteiger partial charge in [-0.3, -0.25) is 0 Å². The highest BCUT2D eigenvalue weighted by atomic mass is 35.5. The Kier molecular flexibility index (Phi) is 4.89. The van der Waals surface area contributed by atoms with E-state index in [9.17, 15) is 13.5 Å². The molecule has 0 aliphatic heterocycles. The molecule has 0 radical (unpaired) electrons. The van der Waals surface area contributed by atoms with E-state index in [0.29, 0.717) is 12.8 Å². The highest BCUT2D eigenvalue weighted by molar-refractivity contribution is 7.89. The van der Waals surface area contributed by atoms with Crippen LogP contribution < -0.4 is 4.72 Å². The maximum absolute atomic E-state index is 12.3. The number of aliphatic hydroxyl groups is 1. The van der Waals surface area contributed by atoms with Gasteiger partial charge < -0.3 is 5.11 Å². The first-order valence-electron chi connectivity index (χ1n) is 6.78. The lowest BCUT2D eigenvalue weighted by Gasteiger charge is -2.32. The lowest BCUT2D eigenvalue weighted by atomic mass is 9.85. The van der Waals surface area contributed by atoms with Crippen LogP contribution in [0.2, 0.25) is 5.02 Å². The van der Waals surface area contributed by atoms with Crippen LogP contribution in [0.1, 0.15) is 37.7 Å². The van der Waals surface area contributed by atoms with E-state index in [1.165, 1.54) is 18.2 Å². The molecule has 1 aromatic carbocycles. The van der Waals surface area contributed by atoms with Crippen molar-refractivity contribution < 1.29 is 13.5 Å². The Bertz CT molecular complexity index is 661. The van der Waals surface area contributed by atoms with Gasteiger partial charge in [0.25, 0.3) is 0 Å². The number of sulfonamides is 1. The molecule has 21 heavy (non-hydrogen) atoms. The van der Waals surface area contributed by atoms with Crippen LogP contribution in [0.4, 0.5) is 0 Å². The van der Waals surface area contributed by atoms with Crippen molar-refractivity contribution in [1.82, 2.24) is 4.72 Å². The first kappa shape index (κ1) is 16.2. The Morgan fingerprint density at radius 3 is 2.62 bits per heavy atom. The minimum atomic E-state index is -3.88. The van der Waals surface area contributed by atoms with Gasteiger partial charge in [0.05, 0.1) is 11.2 Å². The van der Waals surface area contributed by atoms with Gasteiger partial charge in [-0.1, -0.05) is 30.9 Å². The molecule has 114 valence electrons. The lowest BCUT2D eigenvalue weighted by Crippen LogP contribution is -2.44. The predicted molar refractivity (Wildman–Crippen MR) is 79.4 cm³/mol. The van der Waals surface area contributed by atoms with Crippen LogP contribution in [-0.4, -0.2) is 25.7 Å². The average molecular weight is 329 g/mol. The molecule has 0 atom stereocenters. The monoisotopic (exact) mass is 328 g/mol. The van der Waals surface area contributed by atoms with Crippen LogP contribution >= 0.6 is 11.6 Å². The molecule has 0 saturated heterocycles. The zero-order chi connectivity index (χ0) is 15.5. The van der Waals surface area contributed by atoms with Crippen molar-refractivity contribution >= 4 is 21.6 Å². The number of rotatable bonds is 4. The normalized spacial score (nSPS) is 18.1. The molecular weight excluding hydrogens is 312 g/mol. The molecule has 7 heteroatoms. The van der Waals surface area contributed by atoms with Gasteiger partial charge in [-0.2, -0.15) is 5.26 Å². The van der Waals surface area contributed by atoms with Gasteiger partial charge in [-0.05, 0) is 31.0 Å². The molecule has 1 aliphatic carbocycles. The van der Waals surface area contributed by atoms with Gasteiger partial charge >= 0.3 is 0 Å². The smallest absolute Gasteiger partial charge is 0.242 e. The van der Waals surface area contributed by atoms with E-state index in [1.807, 2.05) is 6.07 Å². The summed E-state index contributed by atoms with van der Waals surface area (Å²) in [4.78, 5) is -0.156. The zero-order valence-corrected chi connectivity index (χ0v) is 13.0. The number of hydrogen-bond donors (Lipinski definition) is 2. The van der Waals surface area contributed by atoms with Crippen molar-refractivity contribution in [2.75, 3.05) is 6.54 Å². The maximum Gasteiger partial charge on any atom is 0.242 e. The highest BCUT2D eigenvalue weighted by Gasteiger charge is 2.31. The van der Waals surface area contributed by atoms with Gasteiger partial charge in [0.15, 0.2) is 0 Å². The van der Waals surface area contributed by atoms with Crippen LogP contribution in [-0.2, 0) is 10.0 Å². The van der Waals surface area contributed by atoms with Crippen molar-refractivity contribution in [2.24, 2.45) is 0 Å². The standard InChI is InChI=1S/C14H17ClN2O3S/c15-12-5-4-11(9-16)13(8-12)21(19,20)17-10-14(18)6-2-1-3-7-14/h4-5,8,17-18H,1-3,6-7,10H2. The molecule has 1 saturated carbocycles. The third-order valence-corrected chi connectivity index (χ3v) is 5.41. The summed E-state index contributed by atoms with van der Waals surface area (Å²) in [5.74, 6) is 0. The largest absolute Gasteiger partial charge is 0.389 e. The molecule has 0 heterocycles. The molecule has 5 nitrogen and oxygen atoms in total. The molecule has 1 fully saturated rings. The minimum Gasteiger partial charge on any atom is -0.389 e. The van der Waals surface area contributed by atoms with Gasteiger partial charge in [0.2, 0.25) is 10.0 Å². The summed E-state index contributed by atoms with van der Waals surface area (Å²) in [6, 6.07) is 5.91. The second-order valence-electron chi connectivity index (χ2n) is 5.36. The Morgan fingerprint density at radius 2 is 2.00 bits per heavy atom. The summed E-state index contributed by atoms with van der Waals surface area (Å²) in [6.45, 7) is -0.0489. The fourth-order valence-corrected chi connectivity index (χ4v) is 4.04. The van der Waals surface area contributed by atoms with E-state index in [2.05, 4.69) is 4.72 Å². The molecule has 0 bridgehead atoms. The molecule has 0 spiro atoms. The minimum absolute atomic E-state index is 0.0301. The van der Waals surface area contributed by atoms with E-state index >= 15 is 0 Å². The maximum atomic E-state index is 12.3. The summed E-state index contributed by atoms with van der Waals surface area (Å²) in [5.41, 5.74) is -0.973. The Morgan fingerprint density at radius 1 is 1.33 bits per heavy atom. The molecule has 0 amide bonds. The number of nitriles is 1. The average Bonchev–Trinajstić information content (AvgIpc) is 2.46. The summed E-state index contributed by atoms with van der Waals surface area (Å²) in [6.07, 6.45) is 3.99. The van der Waals surface area contributed by atoms with Crippen LogP contribution in [0.3, 0.4) is 0 Å². The third kappa shape index (κ3) is 3.95. The van der Waals surface area contributed by atoms with Crippen molar-refractivity contribution in [3.8, 4) is 6.07 Å². The quantitative estimate of drug-likeness (QED) is 0.886. The fraction of sp³-hybridized carbons (Fsp3) is 0.500. The van der Waals surface area contributed by atoms with E-state index in [-0.39, 0.29) is 22.0 Å². The zero-order valence-electron chi connectivity index (χ0n) is 11.5. The third-order valence-electron chi connectivity index (χ3n) is 3.73. The molecule has 2 rings (SSSR count). The summed E-state index contributed by atoms with van der Waals surface area (Å²) < 4.78 is 27.0. The van der Waals surface area contributed by atoms with Gasteiger partial charge in [-0.15, -0.1) is 0 Å². The molecule has 1 aromatic rings. The van der Waals surface area contributed by atoms with Crippen molar-refractivity contribution in [1.29, 1.82) is 5.26 Å². The van der Waals surface area contributed by atoms with Gasteiger partial charge in [0, 0.05) is 11.6 Å². The summed E-state index contributed by atoms with van der Waals surface area (Å²) in [5, 5.41) is 19.6. The topological polar surface area (TPSA) is 90.2 Å². The Labute approximate surface area is 129 Å². The van der Waals surface area contributed by atoms with E-state index < -0.39 is 15.6 Å². The molecular formula is C14H17ClN2O3S. The molecule has 0 unspecified atom stereocenters. The molecule has 1 aliphatic rings. The van der Waals surface area contributed by atoms with Crippen LogP contribution in [0.15, 0.2) is 23.1 Å². The highest BCUT2D eigenvalue weighted by Crippen LogP contribution is 2.28. The number of benzene rings is 1. The van der Waals surface area contributed by atoms with Gasteiger partial charge in [-0.25, -0.2) is 13.1 Å². The first-order valence-corrected chi connectivity index (χ1v) is 8.64. The van der Waals surface area contributed by atoms with Crippen LogP contribution in [0, 0.1) is 11.3 Å². The summed E-state index contributed by atoms with van der Waals surface area (Å²) in [7, 11) is -3.88.